The molecular formula is C12H15F2NO2. The number of rotatable bonds is 4. The molecule has 0 aliphatic carbocycles. The van der Waals surface area contributed by atoms with Crippen LogP contribution in [-0.2, 0) is 5.92 Å². The van der Waals surface area contributed by atoms with Gasteiger partial charge in [-0.2, -0.15) is 0 Å². The fourth-order valence-corrected chi connectivity index (χ4v) is 1.69. The molecule has 0 aliphatic rings. The van der Waals surface area contributed by atoms with Gasteiger partial charge in [0.05, 0.1) is 24.8 Å². The Hall–Kier alpha value is -1.49. The number of halogens is 2. The SMILES string of the molecule is COc1c(C(C)(F)F)ccc(C)c1C(=O)CN. The van der Waals surface area contributed by atoms with Crippen molar-refractivity contribution in [2.75, 3.05) is 13.7 Å². The molecule has 0 amide bonds. The van der Waals surface area contributed by atoms with Crippen molar-refractivity contribution in [2.45, 2.75) is 19.8 Å². The lowest BCUT2D eigenvalue weighted by atomic mass is 9.97. The predicted molar refractivity (Wildman–Crippen MR) is 60.7 cm³/mol. The number of carbonyl (C=O) groups is 1. The van der Waals surface area contributed by atoms with Crippen LogP contribution in [0.4, 0.5) is 8.78 Å². The third-order valence-electron chi connectivity index (χ3n) is 2.51. The van der Waals surface area contributed by atoms with Crippen LogP contribution in [0.5, 0.6) is 5.75 Å². The molecule has 0 spiro atoms. The molecule has 17 heavy (non-hydrogen) atoms. The summed E-state index contributed by atoms with van der Waals surface area (Å²) in [6, 6.07) is 2.74. The molecule has 0 radical (unpaired) electrons. The molecule has 1 aromatic carbocycles. The molecule has 1 rings (SSSR count). The zero-order valence-electron chi connectivity index (χ0n) is 10.0. The summed E-state index contributed by atoms with van der Waals surface area (Å²) in [7, 11) is 1.26. The van der Waals surface area contributed by atoms with Gasteiger partial charge in [0.2, 0.25) is 0 Å². The average Bonchev–Trinajstić information content (AvgIpc) is 2.25. The lowest BCUT2D eigenvalue weighted by molar-refractivity contribution is 0.0150. The van der Waals surface area contributed by atoms with Crippen molar-refractivity contribution in [3.63, 3.8) is 0 Å². The Labute approximate surface area is 98.6 Å². The first-order chi connectivity index (χ1) is 7.82. The first kappa shape index (κ1) is 13.6. The van der Waals surface area contributed by atoms with Gasteiger partial charge in [-0.1, -0.05) is 6.07 Å². The quantitative estimate of drug-likeness (QED) is 0.825. The molecule has 94 valence electrons. The van der Waals surface area contributed by atoms with Crippen LogP contribution >= 0.6 is 0 Å². The number of ether oxygens (including phenoxy) is 1. The molecule has 0 fully saturated rings. The largest absolute Gasteiger partial charge is 0.495 e. The number of hydrogen-bond acceptors (Lipinski definition) is 3. The number of carbonyl (C=O) groups excluding carboxylic acids is 1. The van der Waals surface area contributed by atoms with E-state index in [0.29, 0.717) is 5.56 Å². The van der Waals surface area contributed by atoms with E-state index in [0.717, 1.165) is 6.92 Å². The molecule has 0 bridgehead atoms. The zero-order chi connectivity index (χ0) is 13.2. The van der Waals surface area contributed by atoms with Crippen molar-refractivity contribution in [3.8, 4) is 5.75 Å². The molecule has 1 aromatic rings. The van der Waals surface area contributed by atoms with Crippen LogP contribution in [0.25, 0.3) is 0 Å². The second-order valence-corrected chi connectivity index (χ2v) is 3.85. The van der Waals surface area contributed by atoms with Crippen molar-refractivity contribution in [3.05, 3.63) is 28.8 Å². The number of aryl methyl sites for hydroxylation is 1. The first-order valence-electron chi connectivity index (χ1n) is 5.12. The van der Waals surface area contributed by atoms with Crippen LogP contribution in [-0.4, -0.2) is 19.4 Å². The second-order valence-electron chi connectivity index (χ2n) is 3.85. The maximum Gasteiger partial charge on any atom is 0.274 e. The topological polar surface area (TPSA) is 52.3 Å². The first-order valence-corrected chi connectivity index (χ1v) is 5.12. The predicted octanol–water partition coefficient (Wildman–Crippen LogP) is 2.26. The Balaban J connectivity index is 3.53. The van der Waals surface area contributed by atoms with Gasteiger partial charge >= 0.3 is 0 Å². The molecule has 0 heterocycles. The Bertz CT molecular complexity index is 439. The third kappa shape index (κ3) is 2.61. The minimum absolute atomic E-state index is 0.0899. The van der Waals surface area contributed by atoms with E-state index in [9.17, 15) is 13.6 Å². The minimum Gasteiger partial charge on any atom is -0.495 e. The van der Waals surface area contributed by atoms with Gasteiger partial charge in [-0.25, -0.2) is 8.78 Å². The number of hydrogen-bond donors (Lipinski definition) is 1. The fraction of sp³-hybridized carbons (Fsp3) is 0.417. The van der Waals surface area contributed by atoms with Crippen LogP contribution in [0.1, 0.15) is 28.4 Å². The maximum absolute atomic E-state index is 13.4. The zero-order valence-corrected chi connectivity index (χ0v) is 10.0. The molecule has 0 unspecified atom stereocenters. The molecule has 2 N–H and O–H groups in total. The molecule has 3 nitrogen and oxygen atoms in total. The Morgan fingerprint density at radius 2 is 2.06 bits per heavy atom. The number of methoxy groups -OCH3 is 1. The van der Waals surface area contributed by atoms with Gasteiger partial charge in [0.15, 0.2) is 5.78 Å². The molecule has 0 aromatic heterocycles. The number of benzene rings is 1. The van der Waals surface area contributed by atoms with E-state index in [4.69, 9.17) is 10.5 Å². The number of Topliss-reactive ketones (excluding diaryl/α,β-unsaturated/α-hetero) is 1. The van der Waals surface area contributed by atoms with E-state index in [-0.39, 0.29) is 23.4 Å². The van der Waals surface area contributed by atoms with Crippen molar-refractivity contribution in [1.82, 2.24) is 0 Å². The molecule has 0 atom stereocenters. The molecule has 0 saturated heterocycles. The smallest absolute Gasteiger partial charge is 0.274 e. The van der Waals surface area contributed by atoms with Crippen molar-refractivity contribution >= 4 is 5.78 Å². The highest BCUT2D eigenvalue weighted by Crippen LogP contribution is 2.38. The number of ketones is 1. The van der Waals surface area contributed by atoms with E-state index in [1.54, 1.807) is 6.92 Å². The summed E-state index contributed by atoms with van der Waals surface area (Å²) in [5.41, 5.74) is 5.67. The highest BCUT2D eigenvalue weighted by Gasteiger charge is 2.31. The summed E-state index contributed by atoms with van der Waals surface area (Å²) in [4.78, 5) is 11.6. The lowest BCUT2D eigenvalue weighted by Crippen LogP contribution is -2.19. The van der Waals surface area contributed by atoms with E-state index < -0.39 is 11.7 Å². The third-order valence-corrected chi connectivity index (χ3v) is 2.51. The summed E-state index contributed by atoms with van der Waals surface area (Å²) < 4.78 is 31.7. The van der Waals surface area contributed by atoms with Gasteiger partial charge < -0.3 is 10.5 Å². The Morgan fingerprint density at radius 1 is 1.47 bits per heavy atom. The fourth-order valence-electron chi connectivity index (χ4n) is 1.69. The highest BCUT2D eigenvalue weighted by molar-refractivity contribution is 6.01. The Morgan fingerprint density at radius 3 is 2.47 bits per heavy atom. The molecule has 5 heteroatoms. The van der Waals surface area contributed by atoms with Crippen molar-refractivity contribution in [1.29, 1.82) is 0 Å². The summed E-state index contributed by atoms with van der Waals surface area (Å²) in [5, 5.41) is 0. The molecular weight excluding hydrogens is 228 g/mol. The van der Waals surface area contributed by atoms with Crippen LogP contribution in [0.15, 0.2) is 12.1 Å². The van der Waals surface area contributed by atoms with E-state index in [2.05, 4.69) is 0 Å². The monoisotopic (exact) mass is 243 g/mol. The second kappa shape index (κ2) is 4.79. The van der Waals surface area contributed by atoms with E-state index in [1.807, 2.05) is 0 Å². The van der Waals surface area contributed by atoms with E-state index in [1.165, 1.54) is 19.2 Å². The van der Waals surface area contributed by atoms with Crippen LogP contribution in [0.3, 0.4) is 0 Å². The standard InChI is InChI=1S/C12H15F2NO2/c1-7-4-5-8(12(2,13)14)11(17-3)10(7)9(16)6-15/h4-5H,6,15H2,1-3H3. The minimum atomic E-state index is -3.07. The lowest BCUT2D eigenvalue weighted by Gasteiger charge is -2.18. The van der Waals surface area contributed by atoms with Crippen molar-refractivity contribution < 1.29 is 18.3 Å². The molecule has 0 saturated carbocycles. The maximum atomic E-state index is 13.4. The van der Waals surface area contributed by atoms with Gasteiger partial charge in [0.1, 0.15) is 5.75 Å². The van der Waals surface area contributed by atoms with Gasteiger partial charge in [0.25, 0.3) is 5.92 Å². The summed E-state index contributed by atoms with van der Waals surface area (Å²) in [6.07, 6.45) is 0. The summed E-state index contributed by atoms with van der Waals surface area (Å²) in [5.74, 6) is -3.57. The van der Waals surface area contributed by atoms with Crippen molar-refractivity contribution in [2.24, 2.45) is 5.73 Å². The van der Waals surface area contributed by atoms with Crippen LogP contribution < -0.4 is 10.5 Å². The summed E-state index contributed by atoms with van der Waals surface area (Å²) in [6.45, 7) is 2.18. The van der Waals surface area contributed by atoms with Gasteiger partial charge in [-0.15, -0.1) is 0 Å². The molecule has 0 aliphatic heterocycles. The van der Waals surface area contributed by atoms with Crippen LogP contribution in [0, 0.1) is 6.92 Å². The Kier molecular flexibility index (Phi) is 3.83. The van der Waals surface area contributed by atoms with Gasteiger partial charge in [0, 0.05) is 6.92 Å². The number of alkyl halides is 2. The van der Waals surface area contributed by atoms with Crippen LogP contribution in [0.2, 0.25) is 0 Å². The normalized spacial score (nSPS) is 11.4. The van der Waals surface area contributed by atoms with E-state index >= 15 is 0 Å². The number of nitrogens with two attached hydrogens (primary N) is 1. The van der Waals surface area contributed by atoms with Gasteiger partial charge in [-0.3, -0.25) is 4.79 Å². The average molecular weight is 243 g/mol. The highest BCUT2D eigenvalue weighted by atomic mass is 19.3. The summed E-state index contributed by atoms with van der Waals surface area (Å²) >= 11 is 0. The van der Waals surface area contributed by atoms with Gasteiger partial charge in [-0.05, 0) is 18.6 Å².